The zero-order valence-electron chi connectivity index (χ0n) is 8.33. The minimum absolute atomic E-state index is 0. The molecule has 0 unspecified atom stereocenters. The molecule has 72 valence electrons. The van der Waals surface area contributed by atoms with Gasteiger partial charge in [-0.3, -0.25) is 0 Å². The van der Waals surface area contributed by atoms with Gasteiger partial charge < -0.3 is 46.4 Å². The molecule has 0 aliphatic rings. The summed E-state index contributed by atoms with van der Waals surface area (Å²) < 4.78 is 0. The van der Waals surface area contributed by atoms with Gasteiger partial charge in [-0.15, -0.1) is 0 Å². The maximum Gasteiger partial charge on any atom is 2.00 e. The molecule has 0 heterocycles. The zero-order valence-corrected chi connectivity index (χ0v) is 19.4. The number of carboxylic acid groups (broad SMARTS) is 4. The largest absolute Gasteiger partial charge is 2.00 e. The maximum absolute atomic E-state index is 8.33. The van der Waals surface area contributed by atoms with Crippen molar-refractivity contribution < 1.29 is 46.4 Å². The molecule has 0 rings (SSSR count). The van der Waals surface area contributed by atoms with Gasteiger partial charge in [0, 0.05) is 0 Å². The Labute approximate surface area is 241 Å². The molecule has 0 aromatic heterocycles. The van der Waals surface area contributed by atoms with Gasteiger partial charge >= 0.3 is 189 Å². The third-order valence-corrected chi connectivity index (χ3v) is 0. The van der Waals surface area contributed by atoms with Gasteiger partial charge in [-0.05, 0) is 12.3 Å². The van der Waals surface area contributed by atoms with Gasteiger partial charge in [0.25, 0.3) is 0 Å². The molecule has 0 saturated carbocycles. The quantitative estimate of drug-likeness (QED) is 0.369. The van der Waals surface area contributed by atoms with E-state index in [0.29, 0.717) is 0 Å². The summed E-state index contributed by atoms with van der Waals surface area (Å²) in [5.74, 6) is 0. The third-order valence-electron chi connectivity index (χ3n) is 0. The maximum atomic E-state index is 8.33. The number of carbonyl (C=O) groups is 2. The first kappa shape index (κ1) is 70.1. The second-order valence-corrected chi connectivity index (χ2v) is 0.500. The Balaban J connectivity index is -0.00000000375. The van der Waals surface area contributed by atoms with Crippen LogP contribution in [0.1, 0.15) is 0 Å². The molecule has 0 saturated heterocycles. The van der Waals surface area contributed by atoms with E-state index < -0.39 is 12.3 Å². The second-order valence-electron chi connectivity index (χ2n) is 0.500. The van der Waals surface area contributed by atoms with Crippen molar-refractivity contribution in [1.82, 2.24) is 0 Å². The molecule has 0 bridgehead atoms. The topological polar surface area (TPSA) is 216 Å². The van der Waals surface area contributed by atoms with Gasteiger partial charge in [-0.1, -0.05) is 0 Å². The average Bonchev–Trinajstić information content (AvgIpc) is 1.25. The van der Waals surface area contributed by atoms with Crippen LogP contribution in [0.15, 0.2) is 0 Å². The van der Waals surface area contributed by atoms with Gasteiger partial charge in [-0.2, -0.15) is 0 Å². The summed E-state index contributed by atoms with van der Waals surface area (Å²) in [4.78, 5) is 16.7. The first-order valence-electron chi connectivity index (χ1n) is 1.22. The van der Waals surface area contributed by atoms with Gasteiger partial charge in [0.1, 0.15) is 0 Å². The molecule has 0 fully saturated rings. The average molecular weight is 371 g/mol. The summed E-state index contributed by atoms with van der Waals surface area (Å²) in [7, 11) is 0. The molecule has 0 atom stereocenters. The van der Waals surface area contributed by atoms with Crippen LogP contribution in [0.5, 0.6) is 0 Å². The van der Waals surface area contributed by atoms with E-state index in [1.54, 1.807) is 0 Å². The van der Waals surface area contributed by atoms with E-state index >= 15 is 0 Å². The van der Waals surface area contributed by atoms with Crippen LogP contribution in [0.25, 0.3) is 0 Å². The van der Waals surface area contributed by atoms with Crippen LogP contribution in [0.3, 0.4) is 0 Å². The molecule has 16 heavy (non-hydrogen) atoms. The van der Waals surface area contributed by atoms with Crippen LogP contribution < -0.4 is 20.4 Å². The SMILES string of the molecule is O=C([O-])[O-].O=C([O-])[O-].[Ca+2].[Ca+2].[Ca+2].[Ca+2].[Ca+2].[OH-].[OH-].[OH-]. The van der Waals surface area contributed by atoms with Gasteiger partial charge in [-0.25, -0.2) is 0 Å². The number of hydrogen-bond donors (Lipinski definition) is 0. The van der Waals surface area contributed by atoms with Crippen molar-refractivity contribution in [2.24, 2.45) is 0 Å². The molecule has 3 N–H and O–H groups in total. The zero-order chi connectivity index (χ0) is 7.15. The van der Waals surface area contributed by atoms with Crippen molar-refractivity contribution in [3.8, 4) is 0 Å². The fraction of sp³-hybridized carbons (Fsp3) is 0. The third kappa shape index (κ3) is 264. The molecule has 0 spiro atoms. The Kier molecular flexibility index (Phi) is 264. The predicted molar refractivity (Wildman–Crippen MR) is 45.4 cm³/mol. The Bertz CT molecular complexity index is 79.9. The minimum Gasteiger partial charge on any atom is -0.870 e. The number of carbonyl (C=O) groups excluding carboxylic acids is 2. The summed E-state index contributed by atoms with van der Waals surface area (Å²) in [6.45, 7) is 0. The van der Waals surface area contributed by atoms with Crippen molar-refractivity contribution in [2.75, 3.05) is 0 Å². The monoisotopic (exact) mass is 371 g/mol. The Morgan fingerprint density at radius 2 is 0.500 bits per heavy atom. The Hall–Kier alpha value is 4.72. The first-order chi connectivity index (χ1) is 3.46. The van der Waals surface area contributed by atoms with E-state index in [1.165, 1.54) is 0 Å². The van der Waals surface area contributed by atoms with Crippen LogP contribution in [-0.4, -0.2) is 217 Å². The summed E-state index contributed by atoms with van der Waals surface area (Å²) in [5, 5.41) is 33.3. The number of rotatable bonds is 0. The summed E-state index contributed by atoms with van der Waals surface area (Å²) >= 11 is 0. The van der Waals surface area contributed by atoms with Crippen LogP contribution in [0.4, 0.5) is 9.59 Å². The van der Waals surface area contributed by atoms with Crippen molar-refractivity contribution >= 4 is 201 Å². The molecular formula is C2H3Ca5O9+3. The Morgan fingerprint density at radius 3 is 0.500 bits per heavy atom. The van der Waals surface area contributed by atoms with E-state index in [4.69, 9.17) is 30.0 Å². The predicted octanol–water partition coefficient (Wildman–Crippen LogP) is -7.33. The van der Waals surface area contributed by atoms with Crippen LogP contribution in [-0.2, 0) is 0 Å². The summed E-state index contributed by atoms with van der Waals surface area (Å²) in [6, 6.07) is 0. The smallest absolute Gasteiger partial charge is 0.870 e. The summed E-state index contributed by atoms with van der Waals surface area (Å²) in [5.41, 5.74) is 0. The van der Waals surface area contributed by atoms with Crippen molar-refractivity contribution in [1.29, 1.82) is 0 Å². The van der Waals surface area contributed by atoms with Crippen molar-refractivity contribution in [3.05, 3.63) is 0 Å². The molecule has 0 aliphatic heterocycles. The van der Waals surface area contributed by atoms with Gasteiger partial charge in [0.15, 0.2) is 0 Å². The fourth-order valence-electron chi connectivity index (χ4n) is 0. The van der Waals surface area contributed by atoms with E-state index in [1.807, 2.05) is 0 Å². The second kappa shape index (κ2) is 60.1. The molecule has 0 aromatic rings. The van der Waals surface area contributed by atoms with E-state index in [-0.39, 0.29) is 205 Å². The van der Waals surface area contributed by atoms with Gasteiger partial charge in [0.05, 0.1) is 0 Å². The van der Waals surface area contributed by atoms with Crippen molar-refractivity contribution in [2.45, 2.75) is 0 Å². The first-order valence-corrected chi connectivity index (χ1v) is 1.22. The van der Waals surface area contributed by atoms with Crippen molar-refractivity contribution in [3.63, 3.8) is 0 Å². The molecule has 9 nitrogen and oxygen atoms in total. The van der Waals surface area contributed by atoms with E-state index in [0.717, 1.165) is 0 Å². The fourth-order valence-corrected chi connectivity index (χ4v) is 0. The molecule has 0 aromatic carbocycles. The molecule has 0 amide bonds. The Morgan fingerprint density at radius 1 is 0.500 bits per heavy atom. The molecule has 0 aliphatic carbocycles. The molecule has 0 radical (unpaired) electrons. The summed E-state index contributed by atoms with van der Waals surface area (Å²) in [6.07, 6.45) is -4.67. The molecular weight excluding hydrogens is 368 g/mol. The van der Waals surface area contributed by atoms with Gasteiger partial charge in [0.2, 0.25) is 0 Å². The standard InChI is InChI=1S/2CH2O3.5Ca.3H2O/c2*2-1(3)4;;;;;;;;/h2*(H2,2,3,4);;;;;;3*1H2/q;;5*+2;;;/p-7. The number of hydrogen-bond acceptors (Lipinski definition) is 9. The van der Waals surface area contributed by atoms with Crippen LogP contribution in [0.2, 0.25) is 0 Å². The molecule has 14 heteroatoms. The normalized spacial score (nSPS) is 3.00. The van der Waals surface area contributed by atoms with E-state index in [9.17, 15) is 0 Å². The minimum atomic E-state index is -2.33. The van der Waals surface area contributed by atoms with E-state index in [2.05, 4.69) is 0 Å². The van der Waals surface area contributed by atoms with Crippen LogP contribution >= 0.6 is 0 Å². The van der Waals surface area contributed by atoms with Crippen LogP contribution in [0, 0.1) is 0 Å².